The van der Waals surface area contributed by atoms with E-state index in [9.17, 15) is 0 Å². The van der Waals surface area contributed by atoms with Gasteiger partial charge in [-0.2, -0.15) is 0 Å². The Morgan fingerprint density at radius 2 is 1.86 bits per heavy atom. The van der Waals surface area contributed by atoms with Gasteiger partial charge in [-0.05, 0) is 38.8 Å². The maximum Gasteiger partial charge on any atom is 0.0120 e. The summed E-state index contributed by atoms with van der Waals surface area (Å²) in [4.78, 5) is 2.46. The molecule has 2 heteroatoms. The quantitative estimate of drug-likeness (QED) is 0.725. The molecule has 1 aliphatic carbocycles. The topological polar surface area (TPSA) is 15.3 Å². The predicted molar refractivity (Wildman–Crippen MR) is 60.5 cm³/mol. The van der Waals surface area contributed by atoms with Crippen molar-refractivity contribution in [1.29, 1.82) is 0 Å². The summed E-state index contributed by atoms with van der Waals surface area (Å²) in [6.45, 7) is 4.93. The first kappa shape index (κ1) is 10.4. The van der Waals surface area contributed by atoms with Gasteiger partial charge in [-0.25, -0.2) is 0 Å². The second-order valence-electron chi connectivity index (χ2n) is 5.28. The summed E-state index contributed by atoms with van der Waals surface area (Å²) >= 11 is 0. The van der Waals surface area contributed by atoms with Gasteiger partial charge in [-0.3, -0.25) is 0 Å². The van der Waals surface area contributed by atoms with Gasteiger partial charge >= 0.3 is 0 Å². The normalized spacial score (nSPS) is 36.4. The molecule has 2 atom stereocenters. The molecule has 2 unspecified atom stereocenters. The minimum atomic E-state index is 0.786. The number of rotatable bonds is 2. The number of nitrogens with zero attached hydrogens (tertiary/aromatic N) is 1. The van der Waals surface area contributed by atoms with Crippen molar-refractivity contribution in [3.63, 3.8) is 0 Å². The summed E-state index contributed by atoms with van der Waals surface area (Å²) in [5.74, 6) is 0.828. The van der Waals surface area contributed by atoms with Gasteiger partial charge in [0, 0.05) is 18.6 Å². The summed E-state index contributed by atoms with van der Waals surface area (Å²) in [6, 6.07) is 1.63. The number of hydrogen-bond donors (Lipinski definition) is 1. The first-order valence-electron chi connectivity index (χ1n) is 6.20. The molecule has 1 N–H and O–H groups in total. The zero-order chi connectivity index (χ0) is 9.97. The van der Waals surface area contributed by atoms with Gasteiger partial charge in [-0.1, -0.05) is 19.8 Å². The maximum atomic E-state index is 3.86. The highest BCUT2D eigenvalue weighted by Gasteiger charge is 2.26. The predicted octanol–water partition coefficient (Wildman–Crippen LogP) is 1.86. The third-order valence-electron chi connectivity index (χ3n) is 3.91. The van der Waals surface area contributed by atoms with Crippen LogP contribution >= 0.6 is 0 Å². The molecule has 1 saturated carbocycles. The third kappa shape index (κ3) is 2.48. The molecule has 14 heavy (non-hydrogen) atoms. The van der Waals surface area contributed by atoms with Crippen LogP contribution in [0.2, 0.25) is 0 Å². The van der Waals surface area contributed by atoms with E-state index in [0.29, 0.717) is 0 Å². The highest BCUT2D eigenvalue weighted by atomic mass is 15.1. The van der Waals surface area contributed by atoms with Crippen molar-refractivity contribution >= 4 is 0 Å². The molecule has 0 bridgehead atoms. The Kier molecular flexibility index (Phi) is 3.45. The Balaban J connectivity index is 1.79. The summed E-state index contributed by atoms with van der Waals surface area (Å²) in [5.41, 5.74) is 0. The first-order valence-corrected chi connectivity index (χ1v) is 6.20. The third-order valence-corrected chi connectivity index (χ3v) is 3.91. The molecule has 1 heterocycles. The number of hydrogen-bond acceptors (Lipinski definition) is 2. The second kappa shape index (κ2) is 4.63. The second-order valence-corrected chi connectivity index (χ2v) is 5.28. The van der Waals surface area contributed by atoms with E-state index >= 15 is 0 Å². The van der Waals surface area contributed by atoms with E-state index in [1.165, 1.54) is 45.2 Å². The van der Waals surface area contributed by atoms with Crippen LogP contribution in [0.3, 0.4) is 0 Å². The van der Waals surface area contributed by atoms with E-state index < -0.39 is 0 Å². The molecule has 1 saturated heterocycles. The molecule has 0 aromatic rings. The van der Waals surface area contributed by atoms with E-state index in [2.05, 4.69) is 24.2 Å². The van der Waals surface area contributed by atoms with Gasteiger partial charge in [0.1, 0.15) is 0 Å². The van der Waals surface area contributed by atoms with Crippen LogP contribution in [0.5, 0.6) is 0 Å². The van der Waals surface area contributed by atoms with Crippen molar-refractivity contribution in [3.05, 3.63) is 0 Å². The van der Waals surface area contributed by atoms with Crippen molar-refractivity contribution in [3.8, 4) is 0 Å². The Morgan fingerprint density at radius 3 is 2.50 bits per heavy atom. The van der Waals surface area contributed by atoms with Crippen molar-refractivity contribution in [2.24, 2.45) is 5.92 Å². The van der Waals surface area contributed by atoms with Gasteiger partial charge in [0.25, 0.3) is 0 Å². The van der Waals surface area contributed by atoms with Crippen molar-refractivity contribution in [2.45, 2.75) is 51.1 Å². The van der Waals surface area contributed by atoms with E-state index in [1.54, 1.807) is 0 Å². The minimum absolute atomic E-state index is 0.786. The highest BCUT2D eigenvalue weighted by molar-refractivity contribution is 4.85. The van der Waals surface area contributed by atoms with Crippen LogP contribution < -0.4 is 5.32 Å². The molecule has 2 fully saturated rings. The SMILES string of the molecule is CC1CN(C)CCC1NC1CCCC1. The maximum absolute atomic E-state index is 3.86. The molecular weight excluding hydrogens is 172 g/mol. The molecule has 0 radical (unpaired) electrons. The van der Waals surface area contributed by atoms with Gasteiger partial charge in [0.05, 0.1) is 0 Å². The zero-order valence-corrected chi connectivity index (χ0v) is 9.63. The molecule has 0 aromatic heterocycles. The van der Waals surface area contributed by atoms with Crippen molar-refractivity contribution in [1.82, 2.24) is 10.2 Å². The standard InChI is InChI=1S/C12H24N2/c1-10-9-14(2)8-7-12(10)13-11-5-3-4-6-11/h10-13H,3-9H2,1-2H3. The fourth-order valence-corrected chi connectivity index (χ4v) is 3.00. The number of nitrogens with one attached hydrogen (secondary N) is 1. The van der Waals surface area contributed by atoms with Crippen LogP contribution in [0.25, 0.3) is 0 Å². The van der Waals surface area contributed by atoms with Gasteiger partial charge < -0.3 is 10.2 Å². The van der Waals surface area contributed by atoms with E-state index in [1.807, 2.05) is 0 Å². The molecule has 1 aliphatic heterocycles. The van der Waals surface area contributed by atoms with Crippen LogP contribution in [0.4, 0.5) is 0 Å². The molecule has 2 nitrogen and oxygen atoms in total. The van der Waals surface area contributed by atoms with E-state index in [-0.39, 0.29) is 0 Å². The lowest BCUT2D eigenvalue weighted by molar-refractivity contribution is 0.166. The van der Waals surface area contributed by atoms with Crippen LogP contribution in [0.1, 0.15) is 39.0 Å². The van der Waals surface area contributed by atoms with E-state index in [4.69, 9.17) is 0 Å². The molecule has 2 rings (SSSR count). The average molecular weight is 196 g/mol. The van der Waals surface area contributed by atoms with Gasteiger partial charge in [0.2, 0.25) is 0 Å². The fraction of sp³-hybridized carbons (Fsp3) is 1.00. The molecule has 0 aromatic carbocycles. The lowest BCUT2D eigenvalue weighted by atomic mass is 9.93. The summed E-state index contributed by atoms with van der Waals surface area (Å²) in [7, 11) is 2.24. The molecule has 82 valence electrons. The molecular formula is C12H24N2. The lowest BCUT2D eigenvalue weighted by Crippen LogP contribution is -2.49. The van der Waals surface area contributed by atoms with Crippen LogP contribution in [0.15, 0.2) is 0 Å². The van der Waals surface area contributed by atoms with Gasteiger partial charge in [0.15, 0.2) is 0 Å². The molecule has 0 spiro atoms. The summed E-state index contributed by atoms with van der Waals surface area (Å²) < 4.78 is 0. The summed E-state index contributed by atoms with van der Waals surface area (Å²) in [5, 5.41) is 3.86. The Bertz CT molecular complexity index is 175. The van der Waals surface area contributed by atoms with Crippen molar-refractivity contribution < 1.29 is 0 Å². The number of likely N-dealkylation sites (tertiary alicyclic amines) is 1. The van der Waals surface area contributed by atoms with Crippen LogP contribution in [-0.2, 0) is 0 Å². The molecule has 2 aliphatic rings. The summed E-state index contributed by atoms with van der Waals surface area (Å²) in [6.07, 6.45) is 7.06. The van der Waals surface area contributed by atoms with Crippen LogP contribution in [-0.4, -0.2) is 37.1 Å². The smallest absolute Gasteiger partial charge is 0.0120 e. The Labute approximate surface area is 88.1 Å². The minimum Gasteiger partial charge on any atom is -0.311 e. The van der Waals surface area contributed by atoms with Gasteiger partial charge in [-0.15, -0.1) is 0 Å². The average Bonchev–Trinajstić information content (AvgIpc) is 2.62. The Morgan fingerprint density at radius 1 is 1.14 bits per heavy atom. The number of piperidine rings is 1. The fourth-order valence-electron chi connectivity index (χ4n) is 3.00. The Hall–Kier alpha value is -0.0800. The monoisotopic (exact) mass is 196 g/mol. The van der Waals surface area contributed by atoms with Crippen LogP contribution in [0, 0.1) is 5.92 Å². The van der Waals surface area contributed by atoms with Crippen molar-refractivity contribution in [2.75, 3.05) is 20.1 Å². The van der Waals surface area contributed by atoms with E-state index in [0.717, 1.165) is 18.0 Å². The lowest BCUT2D eigenvalue weighted by Gasteiger charge is -2.36. The zero-order valence-electron chi connectivity index (χ0n) is 9.63. The highest BCUT2D eigenvalue weighted by Crippen LogP contribution is 2.22. The largest absolute Gasteiger partial charge is 0.311 e. The first-order chi connectivity index (χ1) is 6.75. The molecule has 0 amide bonds.